The number of ketones is 1. The van der Waals surface area contributed by atoms with Crippen LogP contribution in [0.25, 0.3) is 0 Å². The van der Waals surface area contributed by atoms with Gasteiger partial charge in [-0.3, -0.25) is 4.79 Å². The molecule has 108 valence electrons. The van der Waals surface area contributed by atoms with E-state index < -0.39 is 0 Å². The molecule has 0 spiro atoms. The van der Waals surface area contributed by atoms with Crippen LogP contribution in [-0.2, 0) is 0 Å². The second-order valence-corrected chi connectivity index (χ2v) is 5.52. The van der Waals surface area contributed by atoms with Crippen LogP contribution in [0.5, 0.6) is 11.5 Å². The van der Waals surface area contributed by atoms with Crippen molar-refractivity contribution in [2.75, 3.05) is 19.0 Å². The minimum absolute atomic E-state index is 0.0692. The van der Waals surface area contributed by atoms with Crippen LogP contribution in [0.15, 0.2) is 47.4 Å². The third-order valence-electron chi connectivity index (χ3n) is 3.06. The molecule has 5 heteroatoms. The molecule has 21 heavy (non-hydrogen) atoms. The molecule has 0 atom stereocenters. The van der Waals surface area contributed by atoms with Gasteiger partial charge >= 0.3 is 0 Å². The normalized spacial score (nSPS) is 13.0. The van der Waals surface area contributed by atoms with Crippen molar-refractivity contribution in [1.82, 2.24) is 0 Å². The van der Waals surface area contributed by atoms with E-state index >= 15 is 0 Å². The number of fused-ring (bicyclic) bond motifs is 1. The van der Waals surface area contributed by atoms with Crippen molar-refractivity contribution in [2.24, 2.45) is 0 Å². The number of hydrogen-bond donors (Lipinski definition) is 0. The molecule has 0 unspecified atom stereocenters. The number of Topliss-reactive ketones (excluding diaryl/α,β-unsaturated/α-hetero) is 1. The van der Waals surface area contributed by atoms with Gasteiger partial charge in [0.05, 0.1) is 5.75 Å². The summed E-state index contributed by atoms with van der Waals surface area (Å²) < 4.78 is 24.4. The van der Waals surface area contributed by atoms with E-state index in [1.807, 2.05) is 0 Å². The maximum Gasteiger partial charge on any atom is 0.173 e. The van der Waals surface area contributed by atoms with Crippen LogP contribution in [0.4, 0.5) is 4.39 Å². The van der Waals surface area contributed by atoms with E-state index in [-0.39, 0.29) is 17.4 Å². The second kappa shape index (κ2) is 6.18. The number of carbonyl (C=O) groups excluding carboxylic acids is 1. The lowest BCUT2D eigenvalue weighted by Gasteiger charge is -2.18. The van der Waals surface area contributed by atoms with Crippen molar-refractivity contribution in [2.45, 2.75) is 4.90 Å². The first-order valence-corrected chi connectivity index (χ1v) is 7.53. The summed E-state index contributed by atoms with van der Waals surface area (Å²) in [6.45, 7) is 0.998. The molecule has 0 fully saturated rings. The monoisotopic (exact) mass is 304 g/mol. The number of thioether (sulfide) groups is 1. The summed E-state index contributed by atoms with van der Waals surface area (Å²) in [4.78, 5) is 12.7. The average Bonchev–Trinajstić information content (AvgIpc) is 2.53. The smallest absolute Gasteiger partial charge is 0.173 e. The molecule has 0 saturated carbocycles. The summed E-state index contributed by atoms with van der Waals surface area (Å²) in [5, 5.41) is 0. The van der Waals surface area contributed by atoms with Crippen LogP contribution in [0.2, 0.25) is 0 Å². The second-order valence-electron chi connectivity index (χ2n) is 4.50. The first-order chi connectivity index (χ1) is 10.2. The molecule has 0 aromatic heterocycles. The molecule has 2 aromatic carbocycles. The number of benzene rings is 2. The highest BCUT2D eigenvalue weighted by molar-refractivity contribution is 8.00. The maximum atomic E-state index is 13.5. The van der Waals surface area contributed by atoms with Crippen LogP contribution < -0.4 is 9.47 Å². The van der Waals surface area contributed by atoms with Crippen LogP contribution in [0.1, 0.15) is 10.4 Å². The molecule has 0 aliphatic carbocycles. The molecule has 0 bridgehead atoms. The van der Waals surface area contributed by atoms with Crippen LogP contribution in [-0.4, -0.2) is 24.7 Å². The summed E-state index contributed by atoms with van der Waals surface area (Å²) in [6.07, 6.45) is 0. The van der Waals surface area contributed by atoms with Crippen molar-refractivity contribution in [3.05, 3.63) is 53.8 Å². The molecule has 1 heterocycles. The van der Waals surface area contributed by atoms with E-state index in [0.717, 1.165) is 0 Å². The van der Waals surface area contributed by atoms with Gasteiger partial charge in [-0.25, -0.2) is 4.39 Å². The minimum Gasteiger partial charge on any atom is -0.486 e. The van der Waals surface area contributed by atoms with E-state index in [1.54, 1.807) is 36.4 Å². The lowest BCUT2D eigenvalue weighted by atomic mass is 10.1. The van der Waals surface area contributed by atoms with E-state index in [1.165, 1.54) is 17.8 Å². The Morgan fingerprint density at radius 1 is 1.10 bits per heavy atom. The number of halogens is 1. The third-order valence-corrected chi connectivity index (χ3v) is 4.11. The van der Waals surface area contributed by atoms with Crippen molar-refractivity contribution in [3.63, 3.8) is 0 Å². The molecule has 2 aromatic rings. The highest BCUT2D eigenvalue weighted by Gasteiger charge is 2.15. The highest BCUT2D eigenvalue weighted by atomic mass is 32.2. The Morgan fingerprint density at radius 2 is 1.86 bits per heavy atom. The van der Waals surface area contributed by atoms with Gasteiger partial charge in [0.25, 0.3) is 0 Å². The molecular formula is C16H13FO3S. The van der Waals surface area contributed by atoms with Gasteiger partial charge in [-0.1, -0.05) is 12.1 Å². The molecular weight excluding hydrogens is 291 g/mol. The predicted molar refractivity (Wildman–Crippen MR) is 78.9 cm³/mol. The van der Waals surface area contributed by atoms with Crippen LogP contribution in [0.3, 0.4) is 0 Å². The van der Waals surface area contributed by atoms with Gasteiger partial charge in [-0.05, 0) is 30.3 Å². The molecule has 3 nitrogen and oxygen atoms in total. The van der Waals surface area contributed by atoms with Gasteiger partial charge in [0, 0.05) is 10.5 Å². The Hall–Kier alpha value is -2.01. The summed E-state index contributed by atoms with van der Waals surface area (Å²) in [7, 11) is 0. The fraction of sp³-hybridized carbons (Fsp3) is 0.188. The molecule has 0 amide bonds. The number of ether oxygens (including phenoxy) is 2. The lowest BCUT2D eigenvalue weighted by molar-refractivity contribution is 0.102. The number of carbonyl (C=O) groups is 1. The first kappa shape index (κ1) is 13.9. The van der Waals surface area contributed by atoms with Gasteiger partial charge in [0.2, 0.25) is 0 Å². The zero-order valence-electron chi connectivity index (χ0n) is 11.2. The fourth-order valence-corrected chi connectivity index (χ4v) is 2.84. The van der Waals surface area contributed by atoms with E-state index in [9.17, 15) is 9.18 Å². The van der Waals surface area contributed by atoms with E-state index in [4.69, 9.17) is 9.47 Å². The Labute approximate surface area is 126 Å². The minimum atomic E-state index is -0.308. The summed E-state index contributed by atoms with van der Waals surface area (Å²) >= 11 is 1.19. The molecule has 1 aliphatic rings. The summed E-state index contributed by atoms with van der Waals surface area (Å²) in [6, 6.07) is 11.5. The quantitative estimate of drug-likeness (QED) is 0.639. The average molecular weight is 304 g/mol. The number of hydrogen-bond acceptors (Lipinski definition) is 4. The fourth-order valence-electron chi connectivity index (χ4n) is 2.01. The third kappa shape index (κ3) is 3.19. The van der Waals surface area contributed by atoms with Gasteiger partial charge in [-0.15, -0.1) is 11.8 Å². The van der Waals surface area contributed by atoms with Gasteiger partial charge in [0.15, 0.2) is 17.3 Å². The largest absolute Gasteiger partial charge is 0.486 e. The first-order valence-electron chi connectivity index (χ1n) is 6.54. The van der Waals surface area contributed by atoms with Crippen molar-refractivity contribution >= 4 is 17.5 Å². The molecule has 1 aliphatic heterocycles. The standard InChI is InChI=1S/C16H13FO3S/c17-12-3-1-2-4-16(12)21-10-13(18)11-5-6-14-15(9-11)20-8-7-19-14/h1-6,9H,7-8,10H2. The topological polar surface area (TPSA) is 35.5 Å². The Bertz CT molecular complexity index is 672. The van der Waals surface area contributed by atoms with Crippen molar-refractivity contribution < 1.29 is 18.7 Å². The predicted octanol–water partition coefficient (Wildman–Crippen LogP) is 3.57. The molecule has 3 rings (SSSR count). The van der Waals surface area contributed by atoms with Gasteiger partial charge < -0.3 is 9.47 Å². The maximum absolute atomic E-state index is 13.5. The van der Waals surface area contributed by atoms with E-state index in [0.29, 0.717) is 35.2 Å². The summed E-state index contributed by atoms with van der Waals surface area (Å²) in [5.41, 5.74) is 0.545. The van der Waals surface area contributed by atoms with Crippen molar-refractivity contribution in [3.8, 4) is 11.5 Å². The zero-order chi connectivity index (χ0) is 14.7. The number of rotatable bonds is 4. The van der Waals surface area contributed by atoms with Crippen molar-refractivity contribution in [1.29, 1.82) is 0 Å². The van der Waals surface area contributed by atoms with Gasteiger partial charge in [0.1, 0.15) is 19.0 Å². The van der Waals surface area contributed by atoms with Crippen LogP contribution in [0, 0.1) is 5.82 Å². The SMILES string of the molecule is O=C(CSc1ccccc1F)c1ccc2c(c1)OCCO2. The lowest BCUT2D eigenvalue weighted by Crippen LogP contribution is -2.16. The Kier molecular flexibility index (Phi) is 4.10. The van der Waals surface area contributed by atoms with Gasteiger partial charge in [-0.2, -0.15) is 0 Å². The molecule has 0 N–H and O–H groups in total. The highest BCUT2D eigenvalue weighted by Crippen LogP contribution is 2.31. The Balaban J connectivity index is 1.69. The zero-order valence-corrected chi connectivity index (χ0v) is 12.0. The Morgan fingerprint density at radius 3 is 2.67 bits per heavy atom. The van der Waals surface area contributed by atoms with Crippen LogP contribution >= 0.6 is 11.8 Å². The molecule has 0 radical (unpaired) electrons. The van der Waals surface area contributed by atoms with E-state index in [2.05, 4.69) is 0 Å². The summed E-state index contributed by atoms with van der Waals surface area (Å²) in [5.74, 6) is 1.04. The molecule has 0 saturated heterocycles.